The number of hydrogen-bond acceptors (Lipinski definition) is 2. The van der Waals surface area contributed by atoms with Crippen LogP contribution in [0.25, 0.3) is 0 Å². The van der Waals surface area contributed by atoms with E-state index in [1.807, 2.05) is 25.1 Å². The highest BCUT2D eigenvalue weighted by Gasteiger charge is 2.23. The Bertz CT molecular complexity index is 343. The Balaban J connectivity index is 2.41. The number of nitrogens with zero attached hydrogens (tertiary/aromatic N) is 1. The molecule has 1 unspecified atom stereocenters. The number of halogens is 1. The fourth-order valence-electron chi connectivity index (χ4n) is 2.22. The zero-order valence-electron chi connectivity index (χ0n) is 9.26. The van der Waals surface area contributed by atoms with E-state index in [2.05, 4.69) is 5.32 Å². The van der Waals surface area contributed by atoms with Crippen LogP contribution in [0.2, 0.25) is 0 Å². The van der Waals surface area contributed by atoms with E-state index in [4.69, 9.17) is 0 Å². The predicted octanol–water partition coefficient (Wildman–Crippen LogP) is 1.97. The molecule has 1 heterocycles. The zero-order chi connectivity index (χ0) is 10.8. The van der Waals surface area contributed by atoms with E-state index in [0.29, 0.717) is 5.92 Å². The van der Waals surface area contributed by atoms with Crippen LogP contribution in [0.15, 0.2) is 18.2 Å². The van der Waals surface area contributed by atoms with Gasteiger partial charge in [-0.3, -0.25) is 0 Å². The fourth-order valence-corrected chi connectivity index (χ4v) is 2.22. The Labute approximate surface area is 90.1 Å². The van der Waals surface area contributed by atoms with Crippen LogP contribution in [0.5, 0.6) is 0 Å². The van der Waals surface area contributed by atoms with Crippen molar-refractivity contribution in [2.24, 2.45) is 0 Å². The van der Waals surface area contributed by atoms with E-state index in [1.54, 1.807) is 12.1 Å². The monoisotopic (exact) mass is 208 g/mol. The first kappa shape index (κ1) is 10.4. The van der Waals surface area contributed by atoms with Crippen molar-refractivity contribution in [2.75, 3.05) is 32.1 Å². The van der Waals surface area contributed by atoms with Crippen molar-refractivity contribution in [3.63, 3.8) is 0 Å². The Hall–Kier alpha value is -1.09. The van der Waals surface area contributed by atoms with Crippen molar-refractivity contribution in [3.05, 3.63) is 29.6 Å². The predicted molar refractivity (Wildman–Crippen MR) is 61.0 cm³/mol. The summed E-state index contributed by atoms with van der Waals surface area (Å²) in [6.07, 6.45) is 1.03. The number of nitrogens with one attached hydrogen (secondary N) is 1. The Morgan fingerprint density at radius 1 is 1.40 bits per heavy atom. The second-order valence-electron chi connectivity index (χ2n) is 4.26. The maximum Gasteiger partial charge on any atom is 0.128 e. The molecule has 0 bridgehead atoms. The smallest absolute Gasteiger partial charge is 0.128 e. The van der Waals surface area contributed by atoms with Crippen LogP contribution in [0.1, 0.15) is 17.9 Å². The molecule has 0 aliphatic carbocycles. The number of anilines is 1. The van der Waals surface area contributed by atoms with Gasteiger partial charge in [-0.2, -0.15) is 0 Å². The molecule has 1 N–H and O–H groups in total. The molecule has 1 aromatic carbocycles. The Kier molecular flexibility index (Phi) is 2.91. The summed E-state index contributed by atoms with van der Waals surface area (Å²) in [6.45, 7) is 1.88. The van der Waals surface area contributed by atoms with Gasteiger partial charge < -0.3 is 10.2 Å². The summed E-state index contributed by atoms with van der Waals surface area (Å²) in [5, 5.41) is 3.28. The SMILES string of the molecule is CN(C)c1cccc(F)c1C1CCNC1. The highest BCUT2D eigenvalue weighted by atomic mass is 19.1. The molecule has 0 amide bonds. The van der Waals surface area contributed by atoms with Gasteiger partial charge in [0.05, 0.1) is 0 Å². The summed E-state index contributed by atoms with van der Waals surface area (Å²) in [6, 6.07) is 5.31. The van der Waals surface area contributed by atoms with Gasteiger partial charge in [0.2, 0.25) is 0 Å². The maximum atomic E-state index is 13.8. The average Bonchev–Trinajstić information content (AvgIpc) is 2.70. The molecule has 1 atom stereocenters. The molecule has 1 aliphatic rings. The molecule has 0 radical (unpaired) electrons. The van der Waals surface area contributed by atoms with Gasteiger partial charge in [-0.25, -0.2) is 4.39 Å². The van der Waals surface area contributed by atoms with Gasteiger partial charge in [0, 0.05) is 37.8 Å². The van der Waals surface area contributed by atoms with Gasteiger partial charge in [-0.05, 0) is 25.1 Å². The molecule has 0 saturated carbocycles. The van der Waals surface area contributed by atoms with Gasteiger partial charge in [-0.1, -0.05) is 6.07 Å². The van der Waals surface area contributed by atoms with Crippen LogP contribution in [-0.4, -0.2) is 27.2 Å². The fraction of sp³-hybridized carbons (Fsp3) is 0.500. The third-order valence-corrected chi connectivity index (χ3v) is 2.98. The molecule has 1 saturated heterocycles. The van der Waals surface area contributed by atoms with Crippen LogP contribution < -0.4 is 10.2 Å². The van der Waals surface area contributed by atoms with Crippen molar-refractivity contribution in [3.8, 4) is 0 Å². The van der Waals surface area contributed by atoms with Gasteiger partial charge in [0.25, 0.3) is 0 Å². The largest absolute Gasteiger partial charge is 0.377 e. The van der Waals surface area contributed by atoms with Gasteiger partial charge >= 0.3 is 0 Å². The van der Waals surface area contributed by atoms with Crippen molar-refractivity contribution >= 4 is 5.69 Å². The van der Waals surface area contributed by atoms with Gasteiger partial charge in [0.15, 0.2) is 0 Å². The van der Waals surface area contributed by atoms with Crippen LogP contribution in [-0.2, 0) is 0 Å². The minimum Gasteiger partial charge on any atom is -0.377 e. The van der Waals surface area contributed by atoms with Gasteiger partial charge in [0.1, 0.15) is 5.82 Å². The van der Waals surface area contributed by atoms with E-state index in [-0.39, 0.29) is 5.82 Å². The first-order valence-corrected chi connectivity index (χ1v) is 5.36. The molecule has 1 fully saturated rings. The molecule has 2 nitrogen and oxygen atoms in total. The topological polar surface area (TPSA) is 15.3 Å². The van der Waals surface area contributed by atoms with E-state index in [0.717, 1.165) is 30.8 Å². The third-order valence-electron chi connectivity index (χ3n) is 2.98. The lowest BCUT2D eigenvalue weighted by molar-refractivity contribution is 0.588. The van der Waals surface area contributed by atoms with Crippen molar-refractivity contribution < 1.29 is 4.39 Å². The lowest BCUT2D eigenvalue weighted by Gasteiger charge is -2.21. The first-order valence-electron chi connectivity index (χ1n) is 5.36. The second kappa shape index (κ2) is 4.19. The minimum absolute atomic E-state index is 0.0742. The Morgan fingerprint density at radius 2 is 2.20 bits per heavy atom. The van der Waals surface area contributed by atoms with Crippen molar-refractivity contribution in [1.82, 2.24) is 5.32 Å². The molecule has 1 aromatic rings. The summed E-state index contributed by atoms with van der Waals surface area (Å²) in [5.74, 6) is 0.249. The summed E-state index contributed by atoms with van der Waals surface area (Å²) < 4.78 is 13.8. The second-order valence-corrected chi connectivity index (χ2v) is 4.26. The van der Waals surface area contributed by atoms with Crippen LogP contribution >= 0.6 is 0 Å². The summed E-state index contributed by atoms with van der Waals surface area (Å²) in [5.41, 5.74) is 1.87. The average molecular weight is 208 g/mol. The minimum atomic E-state index is -0.0742. The van der Waals surface area contributed by atoms with Crippen LogP contribution in [0.4, 0.5) is 10.1 Å². The number of rotatable bonds is 2. The molecule has 2 rings (SSSR count). The quantitative estimate of drug-likeness (QED) is 0.799. The molecule has 1 aliphatic heterocycles. The summed E-state index contributed by atoms with van der Waals surface area (Å²) in [7, 11) is 3.92. The third kappa shape index (κ3) is 1.97. The van der Waals surface area contributed by atoms with Crippen LogP contribution in [0, 0.1) is 5.82 Å². The molecular weight excluding hydrogens is 191 g/mol. The molecular formula is C12H17FN2. The maximum absolute atomic E-state index is 13.8. The molecule has 0 aromatic heterocycles. The molecule has 0 spiro atoms. The lowest BCUT2D eigenvalue weighted by Crippen LogP contribution is -2.16. The molecule has 15 heavy (non-hydrogen) atoms. The highest BCUT2D eigenvalue weighted by molar-refractivity contribution is 5.55. The van der Waals surface area contributed by atoms with E-state index >= 15 is 0 Å². The lowest BCUT2D eigenvalue weighted by atomic mass is 9.95. The molecule has 3 heteroatoms. The Morgan fingerprint density at radius 3 is 2.80 bits per heavy atom. The van der Waals surface area contributed by atoms with E-state index in [1.165, 1.54) is 0 Å². The van der Waals surface area contributed by atoms with E-state index < -0.39 is 0 Å². The normalized spacial score (nSPS) is 20.6. The summed E-state index contributed by atoms with van der Waals surface area (Å²) >= 11 is 0. The van der Waals surface area contributed by atoms with Crippen LogP contribution in [0.3, 0.4) is 0 Å². The highest BCUT2D eigenvalue weighted by Crippen LogP contribution is 2.32. The molecule has 82 valence electrons. The number of benzene rings is 1. The zero-order valence-corrected chi connectivity index (χ0v) is 9.26. The van der Waals surface area contributed by atoms with E-state index in [9.17, 15) is 4.39 Å². The number of hydrogen-bond donors (Lipinski definition) is 1. The van der Waals surface area contributed by atoms with Gasteiger partial charge in [-0.15, -0.1) is 0 Å². The summed E-state index contributed by atoms with van der Waals surface area (Å²) in [4.78, 5) is 1.98. The first-order chi connectivity index (χ1) is 7.20. The van der Waals surface area contributed by atoms with Crippen molar-refractivity contribution in [2.45, 2.75) is 12.3 Å². The standard InChI is InChI=1S/C12H17FN2/c1-15(2)11-5-3-4-10(13)12(11)9-6-7-14-8-9/h3-5,9,14H,6-8H2,1-2H3. The van der Waals surface area contributed by atoms with Crippen molar-refractivity contribution in [1.29, 1.82) is 0 Å².